The summed E-state index contributed by atoms with van der Waals surface area (Å²) in [6, 6.07) is 8.24. The van der Waals surface area contributed by atoms with E-state index in [0.717, 1.165) is 25.4 Å². The first kappa shape index (κ1) is 17.7. The Kier molecular flexibility index (Phi) is 4.91. The van der Waals surface area contributed by atoms with Crippen molar-refractivity contribution in [1.29, 1.82) is 0 Å². The quantitative estimate of drug-likeness (QED) is 0.706. The summed E-state index contributed by atoms with van der Waals surface area (Å²) in [6.07, 6.45) is 3.98. The van der Waals surface area contributed by atoms with E-state index in [9.17, 15) is 0 Å². The lowest BCUT2D eigenvalue weighted by Gasteiger charge is -2.15. The van der Waals surface area contributed by atoms with Crippen molar-refractivity contribution in [3.63, 3.8) is 0 Å². The van der Waals surface area contributed by atoms with Crippen LogP contribution in [0, 0.1) is 6.92 Å². The molecule has 2 N–H and O–H groups in total. The van der Waals surface area contributed by atoms with Crippen LogP contribution in [-0.2, 0) is 20.2 Å². The molecule has 8 heteroatoms. The third-order valence-electron chi connectivity index (χ3n) is 4.86. The average Bonchev–Trinajstić information content (AvgIpc) is 3.35. The van der Waals surface area contributed by atoms with E-state index in [2.05, 4.69) is 38.5 Å². The third kappa shape index (κ3) is 4.17. The van der Waals surface area contributed by atoms with Crippen molar-refractivity contribution in [3.8, 4) is 5.75 Å². The van der Waals surface area contributed by atoms with Gasteiger partial charge in [-0.15, -0.1) is 0 Å². The molecule has 1 aliphatic heterocycles. The van der Waals surface area contributed by atoms with Crippen LogP contribution in [0.4, 0.5) is 0 Å². The standard InChI is InChI=1S/C19H24N6O2/c1-13-22-19(23-27-13)12-26-16-5-3-14(4-6-16)8-25-10-17(18(20)11-25)15-7-21-24(2)9-15/h3-7,9,17-18H,8,10-12,20H2,1-2H3/t17-,18+/m0/s1. The molecule has 0 radical (unpaired) electrons. The second-order valence-electron chi connectivity index (χ2n) is 7.07. The van der Waals surface area contributed by atoms with Crippen LogP contribution >= 0.6 is 0 Å². The van der Waals surface area contributed by atoms with Crippen LogP contribution in [0.25, 0.3) is 0 Å². The molecule has 3 heterocycles. The lowest BCUT2D eigenvalue weighted by molar-refractivity contribution is 0.285. The number of rotatable bonds is 6. The maximum Gasteiger partial charge on any atom is 0.223 e. The lowest BCUT2D eigenvalue weighted by Crippen LogP contribution is -2.28. The molecule has 142 valence electrons. The summed E-state index contributed by atoms with van der Waals surface area (Å²) in [5.74, 6) is 2.20. The van der Waals surface area contributed by atoms with Crippen LogP contribution in [0.5, 0.6) is 5.75 Å². The van der Waals surface area contributed by atoms with Gasteiger partial charge in [0, 0.05) is 51.8 Å². The molecule has 0 spiro atoms. The topological polar surface area (TPSA) is 95.2 Å². The molecule has 0 amide bonds. The number of ether oxygens (including phenoxy) is 1. The van der Waals surface area contributed by atoms with E-state index in [1.54, 1.807) is 6.92 Å². The Labute approximate surface area is 157 Å². The Morgan fingerprint density at radius 2 is 2.07 bits per heavy atom. The molecule has 0 saturated carbocycles. The van der Waals surface area contributed by atoms with E-state index in [4.69, 9.17) is 15.0 Å². The van der Waals surface area contributed by atoms with Gasteiger partial charge in [-0.2, -0.15) is 10.1 Å². The van der Waals surface area contributed by atoms with E-state index in [1.807, 2.05) is 30.1 Å². The number of benzene rings is 1. The first-order valence-corrected chi connectivity index (χ1v) is 9.04. The van der Waals surface area contributed by atoms with Gasteiger partial charge in [0.1, 0.15) is 5.75 Å². The highest BCUT2D eigenvalue weighted by Gasteiger charge is 2.31. The first-order chi connectivity index (χ1) is 13.1. The minimum atomic E-state index is 0.134. The summed E-state index contributed by atoms with van der Waals surface area (Å²) in [7, 11) is 1.94. The van der Waals surface area contributed by atoms with Crippen LogP contribution < -0.4 is 10.5 Å². The van der Waals surface area contributed by atoms with Gasteiger partial charge in [-0.3, -0.25) is 9.58 Å². The Morgan fingerprint density at radius 3 is 2.74 bits per heavy atom. The van der Waals surface area contributed by atoms with Gasteiger partial charge in [0.05, 0.1) is 6.20 Å². The smallest absolute Gasteiger partial charge is 0.223 e. The fourth-order valence-corrected chi connectivity index (χ4v) is 3.52. The largest absolute Gasteiger partial charge is 0.485 e. The second-order valence-corrected chi connectivity index (χ2v) is 7.07. The summed E-state index contributed by atoms with van der Waals surface area (Å²) >= 11 is 0. The zero-order valence-electron chi connectivity index (χ0n) is 15.6. The molecule has 0 aliphatic carbocycles. The monoisotopic (exact) mass is 368 g/mol. The van der Waals surface area contributed by atoms with E-state index in [0.29, 0.717) is 24.2 Å². The molecular formula is C19H24N6O2. The van der Waals surface area contributed by atoms with Crippen molar-refractivity contribution < 1.29 is 9.26 Å². The Bertz CT molecular complexity index is 888. The summed E-state index contributed by atoms with van der Waals surface area (Å²) < 4.78 is 12.5. The first-order valence-electron chi connectivity index (χ1n) is 9.04. The highest BCUT2D eigenvalue weighted by atomic mass is 16.5. The van der Waals surface area contributed by atoms with Gasteiger partial charge in [0.2, 0.25) is 11.7 Å². The van der Waals surface area contributed by atoms with Crippen LogP contribution in [0.15, 0.2) is 41.2 Å². The van der Waals surface area contributed by atoms with Gasteiger partial charge in [-0.25, -0.2) is 0 Å². The zero-order chi connectivity index (χ0) is 18.8. The zero-order valence-corrected chi connectivity index (χ0v) is 15.6. The fourth-order valence-electron chi connectivity index (χ4n) is 3.52. The molecule has 1 aromatic carbocycles. The molecule has 0 unspecified atom stereocenters. The highest BCUT2D eigenvalue weighted by molar-refractivity contribution is 5.28. The summed E-state index contributed by atoms with van der Waals surface area (Å²) in [6.45, 7) is 4.75. The fraction of sp³-hybridized carbons (Fsp3) is 0.421. The molecule has 27 heavy (non-hydrogen) atoms. The molecule has 2 aromatic heterocycles. The van der Waals surface area contributed by atoms with Gasteiger partial charge in [-0.05, 0) is 23.3 Å². The molecule has 8 nitrogen and oxygen atoms in total. The lowest BCUT2D eigenvalue weighted by atomic mass is 9.98. The summed E-state index contributed by atoms with van der Waals surface area (Å²) in [5, 5.41) is 8.09. The number of nitrogens with two attached hydrogens (primary N) is 1. The molecule has 3 aromatic rings. The SMILES string of the molecule is Cc1nc(COc2ccc(CN3C[C@@H](N)[C@H](c4cnn(C)c4)C3)cc2)no1. The highest BCUT2D eigenvalue weighted by Crippen LogP contribution is 2.27. The van der Waals surface area contributed by atoms with Gasteiger partial charge in [0.15, 0.2) is 6.61 Å². The predicted molar refractivity (Wildman–Crippen MR) is 99.0 cm³/mol. The van der Waals surface area contributed by atoms with Crippen LogP contribution in [-0.4, -0.2) is 44.0 Å². The van der Waals surface area contributed by atoms with Crippen LogP contribution in [0.3, 0.4) is 0 Å². The normalized spacial score (nSPS) is 20.3. The number of hydrogen-bond donors (Lipinski definition) is 1. The predicted octanol–water partition coefficient (Wildman–Crippen LogP) is 1.62. The minimum Gasteiger partial charge on any atom is -0.485 e. The summed E-state index contributed by atoms with van der Waals surface area (Å²) in [5.41, 5.74) is 8.82. The maximum atomic E-state index is 6.37. The second kappa shape index (κ2) is 7.50. The van der Waals surface area contributed by atoms with Crippen molar-refractivity contribution in [3.05, 3.63) is 59.5 Å². The van der Waals surface area contributed by atoms with E-state index in [1.165, 1.54) is 11.1 Å². The third-order valence-corrected chi connectivity index (χ3v) is 4.86. The number of likely N-dealkylation sites (tertiary alicyclic amines) is 1. The minimum absolute atomic E-state index is 0.134. The number of hydrogen-bond acceptors (Lipinski definition) is 7. The number of nitrogens with zero attached hydrogens (tertiary/aromatic N) is 5. The molecular weight excluding hydrogens is 344 g/mol. The average molecular weight is 368 g/mol. The maximum absolute atomic E-state index is 6.37. The van der Waals surface area contributed by atoms with Gasteiger partial charge in [0.25, 0.3) is 0 Å². The van der Waals surface area contributed by atoms with E-state index < -0.39 is 0 Å². The van der Waals surface area contributed by atoms with Crippen molar-refractivity contribution >= 4 is 0 Å². The van der Waals surface area contributed by atoms with Gasteiger partial charge in [-0.1, -0.05) is 17.3 Å². The van der Waals surface area contributed by atoms with Crippen LogP contribution in [0.2, 0.25) is 0 Å². The van der Waals surface area contributed by atoms with E-state index >= 15 is 0 Å². The molecule has 2 atom stereocenters. The van der Waals surface area contributed by atoms with Crippen molar-refractivity contribution in [2.24, 2.45) is 12.8 Å². The van der Waals surface area contributed by atoms with Crippen molar-refractivity contribution in [2.75, 3.05) is 13.1 Å². The molecule has 1 aliphatic rings. The van der Waals surface area contributed by atoms with Crippen LogP contribution in [0.1, 0.15) is 28.8 Å². The number of aromatic nitrogens is 4. The number of aryl methyl sites for hydroxylation is 2. The van der Waals surface area contributed by atoms with Gasteiger partial charge < -0.3 is 15.0 Å². The van der Waals surface area contributed by atoms with Gasteiger partial charge >= 0.3 is 0 Å². The Morgan fingerprint density at radius 1 is 1.26 bits per heavy atom. The molecule has 4 rings (SSSR count). The van der Waals surface area contributed by atoms with Crippen molar-refractivity contribution in [1.82, 2.24) is 24.8 Å². The summed E-state index contributed by atoms with van der Waals surface area (Å²) in [4.78, 5) is 6.51. The Hall–Kier alpha value is -2.71. The molecule has 0 bridgehead atoms. The molecule has 1 fully saturated rings. The molecule has 1 saturated heterocycles. The Balaban J connectivity index is 1.32. The van der Waals surface area contributed by atoms with Crippen molar-refractivity contribution in [2.45, 2.75) is 32.0 Å². The van der Waals surface area contributed by atoms with E-state index in [-0.39, 0.29) is 6.04 Å².